The lowest BCUT2D eigenvalue weighted by molar-refractivity contribution is 0.375. The van der Waals surface area contributed by atoms with E-state index in [1.165, 1.54) is 5.56 Å². The van der Waals surface area contributed by atoms with Crippen LogP contribution in [0.5, 0.6) is 0 Å². The summed E-state index contributed by atoms with van der Waals surface area (Å²) in [5.74, 6) is -0.0536. The van der Waals surface area contributed by atoms with Crippen LogP contribution in [0.25, 0.3) is 0 Å². The summed E-state index contributed by atoms with van der Waals surface area (Å²) >= 11 is 0. The fraction of sp³-hybridized carbons (Fsp3) is 0.600. The molecule has 2 N–H and O–H groups in total. The molecule has 1 atom stereocenters. The molecular weight excluding hydrogens is 213 g/mol. The third-order valence-corrected chi connectivity index (χ3v) is 3.64. The molecule has 0 aliphatic heterocycles. The lowest BCUT2D eigenvalue weighted by Crippen LogP contribution is -2.10. The fourth-order valence-corrected chi connectivity index (χ4v) is 2.55. The van der Waals surface area contributed by atoms with Crippen LogP contribution >= 0.6 is 0 Å². The van der Waals surface area contributed by atoms with Gasteiger partial charge in [-0.15, -0.1) is 0 Å². The van der Waals surface area contributed by atoms with Crippen molar-refractivity contribution in [1.82, 2.24) is 0 Å². The standard InChI is InChI=1S/C15H22FN/c1-15(2,3)9-8-11-10-5-7-14(17)12(10)4-6-13(11)16/h4,6,14H,5,7-9,17H2,1-3H3. The molecule has 0 spiro atoms. The minimum absolute atomic E-state index is 0.0536. The van der Waals surface area contributed by atoms with E-state index in [4.69, 9.17) is 5.73 Å². The lowest BCUT2D eigenvalue weighted by atomic mass is 9.87. The number of halogens is 1. The summed E-state index contributed by atoms with van der Waals surface area (Å²) < 4.78 is 13.9. The van der Waals surface area contributed by atoms with Crippen LogP contribution in [0.2, 0.25) is 0 Å². The van der Waals surface area contributed by atoms with E-state index in [0.717, 1.165) is 36.8 Å². The van der Waals surface area contributed by atoms with Gasteiger partial charge in [0.25, 0.3) is 0 Å². The smallest absolute Gasteiger partial charge is 0.126 e. The molecule has 0 aromatic heterocycles. The normalized spacial score (nSPS) is 19.5. The van der Waals surface area contributed by atoms with Gasteiger partial charge in [0.15, 0.2) is 0 Å². The molecule has 0 saturated heterocycles. The molecular formula is C15H22FN. The van der Waals surface area contributed by atoms with Gasteiger partial charge >= 0.3 is 0 Å². The molecule has 1 aliphatic carbocycles. The molecule has 17 heavy (non-hydrogen) atoms. The van der Waals surface area contributed by atoms with Gasteiger partial charge in [-0.3, -0.25) is 0 Å². The van der Waals surface area contributed by atoms with E-state index in [9.17, 15) is 4.39 Å². The summed E-state index contributed by atoms with van der Waals surface area (Å²) in [6.45, 7) is 6.58. The Bertz CT molecular complexity index is 418. The topological polar surface area (TPSA) is 26.0 Å². The molecule has 1 aliphatic rings. The first-order valence-corrected chi connectivity index (χ1v) is 6.44. The van der Waals surface area contributed by atoms with Gasteiger partial charge in [-0.25, -0.2) is 4.39 Å². The monoisotopic (exact) mass is 235 g/mol. The van der Waals surface area contributed by atoms with Gasteiger partial charge in [0.1, 0.15) is 5.82 Å². The highest BCUT2D eigenvalue weighted by Gasteiger charge is 2.24. The Balaban J connectivity index is 2.28. The maximum atomic E-state index is 13.9. The van der Waals surface area contributed by atoms with Crippen molar-refractivity contribution in [2.24, 2.45) is 11.1 Å². The molecule has 1 aromatic carbocycles. The second-order valence-corrected chi connectivity index (χ2v) is 6.30. The number of fused-ring (bicyclic) bond motifs is 1. The molecule has 0 heterocycles. The van der Waals surface area contributed by atoms with Crippen LogP contribution in [0.4, 0.5) is 4.39 Å². The van der Waals surface area contributed by atoms with Crippen LogP contribution < -0.4 is 5.73 Å². The van der Waals surface area contributed by atoms with E-state index in [0.29, 0.717) is 0 Å². The molecule has 1 unspecified atom stereocenters. The summed E-state index contributed by atoms with van der Waals surface area (Å²) in [7, 11) is 0. The number of hydrogen-bond acceptors (Lipinski definition) is 1. The molecule has 0 saturated carbocycles. The van der Waals surface area contributed by atoms with Gasteiger partial charge in [0, 0.05) is 6.04 Å². The Hall–Kier alpha value is -0.890. The Morgan fingerprint density at radius 2 is 2.06 bits per heavy atom. The van der Waals surface area contributed by atoms with Crippen LogP contribution in [0.15, 0.2) is 12.1 Å². The third-order valence-electron chi connectivity index (χ3n) is 3.64. The molecule has 94 valence electrons. The first-order chi connectivity index (χ1) is 7.88. The highest BCUT2D eigenvalue weighted by atomic mass is 19.1. The highest BCUT2D eigenvalue weighted by Crippen LogP contribution is 2.34. The minimum atomic E-state index is -0.0536. The summed E-state index contributed by atoms with van der Waals surface area (Å²) in [5, 5.41) is 0. The van der Waals surface area contributed by atoms with Crippen molar-refractivity contribution in [1.29, 1.82) is 0 Å². The number of benzene rings is 1. The highest BCUT2D eigenvalue weighted by molar-refractivity contribution is 5.41. The summed E-state index contributed by atoms with van der Waals surface area (Å²) in [5.41, 5.74) is 9.52. The van der Waals surface area contributed by atoms with Crippen molar-refractivity contribution in [3.8, 4) is 0 Å². The van der Waals surface area contributed by atoms with Crippen molar-refractivity contribution in [3.05, 3.63) is 34.6 Å². The summed E-state index contributed by atoms with van der Waals surface area (Å²) in [6.07, 6.45) is 3.73. The van der Waals surface area contributed by atoms with Crippen molar-refractivity contribution in [2.75, 3.05) is 0 Å². The van der Waals surface area contributed by atoms with E-state index < -0.39 is 0 Å². The zero-order chi connectivity index (χ0) is 12.6. The van der Waals surface area contributed by atoms with Crippen LogP contribution in [-0.2, 0) is 12.8 Å². The van der Waals surface area contributed by atoms with Crippen molar-refractivity contribution in [3.63, 3.8) is 0 Å². The lowest BCUT2D eigenvalue weighted by Gasteiger charge is -2.19. The third kappa shape index (κ3) is 2.68. The van der Waals surface area contributed by atoms with Crippen molar-refractivity contribution in [2.45, 2.75) is 52.5 Å². The van der Waals surface area contributed by atoms with Crippen molar-refractivity contribution >= 4 is 0 Å². The average molecular weight is 235 g/mol. The van der Waals surface area contributed by atoms with E-state index in [-0.39, 0.29) is 17.3 Å². The number of hydrogen-bond donors (Lipinski definition) is 1. The first-order valence-electron chi connectivity index (χ1n) is 6.44. The van der Waals surface area contributed by atoms with Crippen LogP contribution in [0.3, 0.4) is 0 Å². The second kappa shape index (κ2) is 4.41. The quantitative estimate of drug-likeness (QED) is 0.830. The van der Waals surface area contributed by atoms with Gasteiger partial charge < -0.3 is 5.73 Å². The van der Waals surface area contributed by atoms with Gasteiger partial charge in [0.05, 0.1) is 0 Å². The SMILES string of the molecule is CC(C)(C)CCc1c(F)ccc2c1CCC2N. The first kappa shape index (κ1) is 12.6. The maximum Gasteiger partial charge on any atom is 0.126 e. The fourth-order valence-electron chi connectivity index (χ4n) is 2.55. The molecule has 1 nitrogen and oxygen atoms in total. The average Bonchev–Trinajstić information content (AvgIpc) is 2.57. The summed E-state index contributed by atoms with van der Waals surface area (Å²) in [4.78, 5) is 0. The maximum absolute atomic E-state index is 13.9. The Kier molecular flexibility index (Phi) is 3.26. The zero-order valence-electron chi connectivity index (χ0n) is 11.0. The van der Waals surface area contributed by atoms with E-state index in [1.807, 2.05) is 6.07 Å². The van der Waals surface area contributed by atoms with Crippen LogP contribution in [-0.4, -0.2) is 0 Å². The van der Waals surface area contributed by atoms with Gasteiger partial charge in [-0.1, -0.05) is 26.8 Å². The minimum Gasteiger partial charge on any atom is -0.324 e. The van der Waals surface area contributed by atoms with E-state index in [2.05, 4.69) is 20.8 Å². The summed E-state index contributed by atoms with van der Waals surface area (Å²) in [6, 6.07) is 3.56. The Morgan fingerprint density at radius 3 is 2.71 bits per heavy atom. The predicted molar refractivity (Wildman–Crippen MR) is 69.4 cm³/mol. The van der Waals surface area contributed by atoms with Gasteiger partial charge in [-0.2, -0.15) is 0 Å². The van der Waals surface area contributed by atoms with Crippen LogP contribution in [0.1, 0.15) is 56.3 Å². The molecule has 2 rings (SSSR count). The van der Waals surface area contributed by atoms with Crippen LogP contribution in [0, 0.1) is 11.2 Å². The molecule has 0 radical (unpaired) electrons. The van der Waals surface area contributed by atoms with Gasteiger partial charge in [-0.05, 0) is 53.9 Å². The molecule has 1 aromatic rings. The molecule has 0 bridgehead atoms. The second-order valence-electron chi connectivity index (χ2n) is 6.30. The van der Waals surface area contributed by atoms with E-state index >= 15 is 0 Å². The van der Waals surface area contributed by atoms with Gasteiger partial charge in [0.2, 0.25) is 0 Å². The Labute approximate surface area is 103 Å². The number of rotatable bonds is 2. The van der Waals surface area contributed by atoms with Crippen molar-refractivity contribution < 1.29 is 4.39 Å². The predicted octanol–water partition coefficient (Wildman–Crippen LogP) is 3.75. The zero-order valence-corrected chi connectivity index (χ0v) is 11.0. The number of nitrogens with two attached hydrogens (primary N) is 1. The Morgan fingerprint density at radius 1 is 1.35 bits per heavy atom. The molecule has 0 fully saturated rings. The molecule has 0 amide bonds. The largest absolute Gasteiger partial charge is 0.324 e. The molecule has 2 heteroatoms. The van der Waals surface area contributed by atoms with E-state index in [1.54, 1.807) is 6.07 Å².